The van der Waals surface area contributed by atoms with Crippen LogP contribution in [-0.4, -0.2) is 11.7 Å². The number of hydrogen-bond donors (Lipinski definition) is 1. The van der Waals surface area contributed by atoms with E-state index in [9.17, 15) is 9.59 Å². The lowest BCUT2D eigenvalue weighted by Crippen LogP contribution is -2.39. The summed E-state index contributed by atoms with van der Waals surface area (Å²) in [5.41, 5.74) is 0.320. The summed E-state index contributed by atoms with van der Waals surface area (Å²) in [6.07, 6.45) is 0. The maximum absolute atomic E-state index is 11.9. The molecule has 0 saturated heterocycles. The summed E-state index contributed by atoms with van der Waals surface area (Å²) in [6, 6.07) is 8.72. The van der Waals surface area contributed by atoms with Crippen LogP contribution in [0.15, 0.2) is 30.3 Å². The Kier molecular flexibility index (Phi) is 4.05. The van der Waals surface area contributed by atoms with E-state index < -0.39 is 11.5 Å². The third kappa shape index (κ3) is 3.70. The molecule has 0 heterocycles. The first-order valence-corrected chi connectivity index (χ1v) is 5.68. The van der Waals surface area contributed by atoms with E-state index >= 15 is 0 Å². The van der Waals surface area contributed by atoms with Gasteiger partial charge in [-0.25, -0.2) is 0 Å². The van der Waals surface area contributed by atoms with E-state index in [2.05, 4.69) is 5.32 Å². The van der Waals surface area contributed by atoms with Gasteiger partial charge in [-0.3, -0.25) is 9.59 Å². The van der Waals surface area contributed by atoms with Crippen LogP contribution in [0.3, 0.4) is 0 Å². The molecule has 0 aliphatic carbocycles. The fourth-order valence-corrected chi connectivity index (χ4v) is 1.41. The van der Waals surface area contributed by atoms with Gasteiger partial charge in [0.2, 0.25) is 5.91 Å². The van der Waals surface area contributed by atoms with Gasteiger partial charge < -0.3 is 5.32 Å². The molecular formula is C14H19NO2. The molecule has 0 aromatic heterocycles. The highest BCUT2D eigenvalue weighted by Gasteiger charge is 2.26. The van der Waals surface area contributed by atoms with Gasteiger partial charge in [0.1, 0.15) is 6.04 Å². The van der Waals surface area contributed by atoms with Crippen molar-refractivity contribution in [3.63, 3.8) is 0 Å². The molecule has 0 spiro atoms. The zero-order valence-corrected chi connectivity index (χ0v) is 10.8. The Morgan fingerprint density at radius 1 is 1.12 bits per heavy atom. The number of carbonyl (C=O) groups is 2. The second kappa shape index (κ2) is 5.13. The van der Waals surface area contributed by atoms with Crippen LogP contribution in [0.4, 0.5) is 0 Å². The Balaban J connectivity index is 2.90. The van der Waals surface area contributed by atoms with Gasteiger partial charge >= 0.3 is 0 Å². The molecule has 3 heteroatoms. The minimum absolute atomic E-state index is 0.0613. The molecule has 0 unspecified atom stereocenters. The SMILES string of the molecule is CC(=O)[C@H](NC(=O)C(C)(C)C)c1ccccc1. The number of rotatable bonds is 3. The van der Waals surface area contributed by atoms with E-state index in [1.165, 1.54) is 6.92 Å². The van der Waals surface area contributed by atoms with Gasteiger partial charge in [-0.2, -0.15) is 0 Å². The van der Waals surface area contributed by atoms with E-state index in [0.717, 1.165) is 5.56 Å². The highest BCUT2D eigenvalue weighted by Crippen LogP contribution is 2.18. The highest BCUT2D eigenvalue weighted by atomic mass is 16.2. The molecule has 0 saturated carbocycles. The fraction of sp³-hybridized carbons (Fsp3) is 0.429. The molecule has 17 heavy (non-hydrogen) atoms. The van der Waals surface area contributed by atoms with Crippen LogP contribution in [0.1, 0.15) is 39.3 Å². The molecule has 92 valence electrons. The third-order valence-corrected chi connectivity index (χ3v) is 2.50. The summed E-state index contributed by atoms with van der Waals surface area (Å²) >= 11 is 0. The van der Waals surface area contributed by atoms with Crippen LogP contribution in [0, 0.1) is 5.41 Å². The van der Waals surface area contributed by atoms with Crippen molar-refractivity contribution < 1.29 is 9.59 Å². The Labute approximate surface area is 102 Å². The zero-order valence-electron chi connectivity index (χ0n) is 10.8. The number of carbonyl (C=O) groups excluding carboxylic acids is 2. The molecule has 0 bridgehead atoms. The summed E-state index contributed by atoms with van der Waals surface area (Å²) in [5, 5.41) is 2.78. The highest BCUT2D eigenvalue weighted by molar-refractivity contribution is 5.90. The minimum Gasteiger partial charge on any atom is -0.342 e. The standard InChI is InChI=1S/C14H19NO2/c1-10(16)12(11-8-6-5-7-9-11)15-13(17)14(2,3)4/h5-9,12H,1-4H3,(H,15,17)/t12-/m0/s1. The number of ketones is 1. The molecule has 1 aromatic carbocycles. The van der Waals surface area contributed by atoms with Crippen LogP contribution < -0.4 is 5.32 Å². The minimum atomic E-state index is -0.553. The topological polar surface area (TPSA) is 46.2 Å². The van der Waals surface area contributed by atoms with Gasteiger partial charge in [0.15, 0.2) is 5.78 Å². The molecule has 1 aromatic rings. The number of hydrogen-bond acceptors (Lipinski definition) is 2. The lowest BCUT2D eigenvalue weighted by atomic mass is 9.94. The molecule has 1 rings (SSSR count). The van der Waals surface area contributed by atoms with E-state index in [0.29, 0.717) is 0 Å². The smallest absolute Gasteiger partial charge is 0.226 e. The van der Waals surface area contributed by atoms with Crippen molar-refractivity contribution in [2.24, 2.45) is 5.41 Å². The predicted molar refractivity (Wildman–Crippen MR) is 67.5 cm³/mol. The average molecular weight is 233 g/mol. The van der Waals surface area contributed by atoms with Crippen molar-refractivity contribution >= 4 is 11.7 Å². The van der Waals surface area contributed by atoms with Gasteiger partial charge in [0.05, 0.1) is 0 Å². The number of nitrogens with one attached hydrogen (secondary N) is 1. The molecule has 0 aliphatic heterocycles. The second-order valence-electron chi connectivity index (χ2n) is 5.18. The maximum atomic E-state index is 11.9. The van der Waals surface area contributed by atoms with Gasteiger partial charge in [-0.15, -0.1) is 0 Å². The summed E-state index contributed by atoms with van der Waals surface area (Å²) in [4.78, 5) is 23.5. The average Bonchev–Trinajstić information content (AvgIpc) is 2.25. The van der Waals surface area contributed by atoms with Crippen LogP contribution >= 0.6 is 0 Å². The Hall–Kier alpha value is -1.64. The van der Waals surface area contributed by atoms with E-state index in [1.807, 2.05) is 51.1 Å². The number of amides is 1. The Morgan fingerprint density at radius 2 is 1.65 bits per heavy atom. The first-order valence-electron chi connectivity index (χ1n) is 5.68. The fourth-order valence-electron chi connectivity index (χ4n) is 1.41. The van der Waals surface area contributed by atoms with Gasteiger partial charge in [0, 0.05) is 5.41 Å². The van der Waals surface area contributed by atoms with Crippen LogP contribution in [0.2, 0.25) is 0 Å². The normalized spacial score (nSPS) is 12.9. The molecule has 1 N–H and O–H groups in total. The summed E-state index contributed by atoms with van der Waals surface area (Å²) in [6.45, 7) is 6.96. The van der Waals surface area contributed by atoms with Crippen LogP contribution in [0.25, 0.3) is 0 Å². The second-order valence-corrected chi connectivity index (χ2v) is 5.18. The Bertz CT molecular complexity index is 404. The van der Waals surface area contributed by atoms with E-state index in [1.54, 1.807) is 0 Å². The molecule has 1 atom stereocenters. The van der Waals surface area contributed by atoms with Crippen LogP contribution in [-0.2, 0) is 9.59 Å². The van der Waals surface area contributed by atoms with Gasteiger partial charge in [-0.1, -0.05) is 51.1 Å². The maximum Gasteiger partial charge on any atom is 0.226 e. The molecule has 1 amide bonds. The molecule has 0 radical (unpaired) electrons. The quantitative estimate of drug-likeness (QED) is 0.871. The number of benzene rings is 1. The van der Waals surface area contributed by atoms with Crippen molar-refractivity contribution in [2.75, 3.05) is 0 Å². The van der Waals surface area contributed by atoms with Crippen molar-refractivity contribution in [1.82, 2.24) is 5.32 Å². The summed E-state index contributed by atoms with van der Waals surface area (Å²) < 4.78 is 0. The summed E-state index contributed by atoms with van der Waals surface area (Å²) in [5.74, 6) is -0.185. The molecular weight excluding hydrogens is 214 g/mol. The summed E-state index contributed by atoms with van der Waals surface area (Å²) in [7, 11) is 0. The van der Waals surface area contributed by atoms with Crippen LogP contribution in [0.5, 0.6) is 0 Å². The third-order valence-electron chi connectivity index (χ3n) is 2.50. The van der Waals surface area contributed by atoms with E-state index in [-0.39, 0.29) is 11.7 Å². The van der Waals surface area contributed by atoms with Gasteiger partial charge in [-0.05, 0) is 12.5 Å². The predicted octanol–water partition coefficient (Wildman–Crippen LogP) is 2.48. The largest absolute Gasteiger partial charge is 0.342 e. The lowest BCUT2D eigenvalue weighted by Gasteiger charge is -2.23. The first kappa shape index (κ1) is 13.4. The van der Waals surface area contributed by atoms with Crippen molar-refractivity contribution in [3.8, 4) is 0 Å². The first-order chi connectivity index (χ1) is 7.82. The number of Topliss-reactive ketones (excluding diaryl/α,β-unsaturated/α-hetero) is 1. The molecule has 0 aliphatic rings. The molecule has 0 fully saturated rings. The Morgan fingerprint density at radius 3 is 2.06 bits per heavy atom. The van der Waals surface area contributed by atoms with Crippen molar-refractivity contribution in [3.05, 3.63) is 35.9 Å². The van der Waals surface area contributed by atoms with Gasteiger partial charge in [0.25, 0.3) is 0 Å². The zero-order chi connectivity index (χ0) is 13.1. The van der Waals surface area contributed by atoms with Crippen molar-refractivity contribution in [1.29, 1.82) is 0 Å². The van der Waals surface area contributed by atoms with Crippen molar-refractivity contribution in [2.45, 2.75) is 33.7 Å². The monoisotopic (exact) mass is 233 g/mol. The molecule has 3 nitrogen and oxygen atoms in total. The lowest BCUT2D eigenvalue weighted by molar-refractivity contribution is -0.132. The van der Waals surface area contributed by atoms with E-state index in [4.69, 9.17) is 0 Å².